The highest BCUT2D eigenvalue weighted by atomic mass is 32.1. The van der Waals surface area contributed by atoms with Crippen LogP contribution in [0.3, 0.4) is 0 Å². The number of rotatable bonds is 5. The van der Waals surface area contributed by atoms with Gasteiger partial charge in [0.2, 0.25) is 11.8 Å². The van der Waals surface area contributed by atoms with Gasteiger partial charge in [-0.05, 0) is 55.2 Å². The smallest absolute Gasteiger partial charge is 0.224 e. The number of aryl methyl sites for hydroxylation is 2. The van der Waals surface area contributed by atoms with Gasteiger partial charge in [0.1, 0.15) is 0 Å². The fraction of sp³-hybridized carbons (Fsp3) is 0.250. The predicted octanol–water partition coefficient (Wildman–Crippen LogP) is 4.44. The molecule has 0 aliphatic heterocycles. The maximum absolute atomic E-state index is 12.3. The minimum atomic E-state index is -0.132. The van der Waals surface area contributed by atoms with E-state index in [-0.39, 0.29) is 11.8 Å². The van der Waals surface area contributed by atoms with Gasteiger partial charge in [-0.1, -0.05) is 29.5 Å². The number of thiazole rings is 1. The number of carbonyl (C=O) groups excluding carboxylic acids is 2. The second kappa shape index (κ2) is 7.66. The van der Waals surface area contributed by atoms with Crippen molar-refractivity contribution in [3.63, 3.8) is 0 Å². The molecule has 0 bridgehead atoms. The molecule has 5 nitrogen and oxygen atoms in total. The van der Waals surface area contributed by atoms with Crippen molar-refractivity contribution >= 4 is 44.2 Å². The van der Waals surface area contributed by atoms with Crippen LogP contribution in [0.5, 0.6) is 0 Å². The first-order chi connectivity index (χ1) is 12.4. The number of nitrogens with zero attached hydrogens (tertiary/aromatic N) is 1. The number of aromatic nitrogens is 1. The molecule has 0 aliphatic rings. The van der Waals surface area contributed by atoms with E-state index < -0.39 is 0 Å². The summed E-state index contributed by atoms with van der Waals surface area (Å²) in [5.74, 6) is -0.130. The number of anilines is 2. The zero-order chi connectivity index (χ0) is 18.7. The standard InChI is InChI=1S/C20H21N3O2S/c1-12-5-4-6-16(13(12)2)22-19(25)10-8-15-7-9-17-18(11-15)26-20(23-17)21-14(3)24/h4-7,9,11H,8,10H2,1-3H3,(H,22,25)(H,21,23,24). The number of hydrogen-bond donors (Lipinski definition) is 2. The molecule has 0 saturated heterocycles. The third-order valence-electron chi connectivity index (χ3n) is 4.26. The minimum absolute atomic E-state index is 0.00189. The van der Waals surface area contributed by atoms with Gasteiger partial charge < -0.3 is 10.6 Å². The Bertz CT molecular complexity index is 978. The summed E-state index contributed by atoms with van der Waals surface area (Å²) >= 11 is 1.44. The molecule has 0 fully saturated rings. The first-order valence-corrected chi connectivity index (χ1v) is 9.27. The third-order valence-corrected chi connectivity index (χ3v) is 5.19. The van der Waals surface area contributed by atoms with Crippen molar-refractivity contribution in [3.8, 4) is 0 Å². The van der Waals surface area contributed by atoms with Gasteiger partial charge in [0.05, 0.1) is 10.2 Å². The molecule has 3 aromatic rings. The first-order valence-electron chi connectivity index (χ1n) is 8.45. The number of fused-ring (bicyclic) bond motifs is 1. The van der Waals surface area contributed by atoms with Crippen molar-refractivity contribution < 1.29 is 9.59 Å². The van der Waals surface area contributed by atoms with E-state index in [4.69, 9.17) is 0 Å². The van der Waals surface area contributed by atoms with Crippen LogP contribution in [0.2, 0.25) is 0 Å². The van der Waals surface area contributed by atoms with E-state index in [1.807, 2.05) is 50.2 Å². The molecule has 6 heteroatoms. The first kappa shape index (κ1) is 18.1. The zero-order valence-corrected chi connectivity index (χ0v) is 15.9. The Morgan fingerprint density at radius 2 is 1.92 bits per heavy atom. The molecular formula is C20H21N3O2S. The maximum atomic E-state index is 12.3. The molecule has 0 atom stereocenters. The van der Waals surface area contributed by atoms with Crippen LogP contribution in [-0.2, 0) is 16.0 Å². The minimum Gasteiger partial charge on any atom is -0.326 e. The van der Waals surface area contributed by atoms with Gasteiger partial charge in [0, 0.05) is 19.0 Å². The van der Waals surface area contributed by atoms with Crippen LogP contribution >= 0.6 is 11.3 Å². The van der Waals surface area contributed by atoms with Crippen molar-refractivity contribution in [2.24, 2.45) is 0 Å². The summed E-state index contributed by atoms with van der Waals surface area (Å²) in [5.41, 5.74) is 5.05. The Morgan fingerprint density at radius 3 is 2.69 bits per heavy atom. The lowest BCUT2D eigenvalue weighted by Gasteiger charge is -2.10. The summed E-state index contributed by atoms with van der Waals surface area (Å²) in [6.45, 7) is 5.51. The molecule has 2 amide bonds. The summed E-state index contributed by atoms with van der Waals surface area (Å²) in [6.07, 6.45) is 1.07. The van der Waals surface area contributed by atoms with E-state index in [1.165, 1.54) is 18.3 Å². The number of carbonyl (C=O) groups is 2. The second-order valence-electron chi connectivity index (χ2n) is 6.30. The quantitative estimate of drug-likeness (QED) is 0.700. The fourth-order valence-corrected chi connectivity index (χ4v) is 3.66. The van der Waals surface area contributed by atoms with Gasteiger partial charge in [-0.25, -0.2) is 4.98 Å². The lowest BCUT2D eigenvalue weighted by molar-refractivity contribution is -0.116. The summed E-state index contributed by atoms with van der Waals surface area (Å²) in [7, 11) is 0. The molecule has 1 aromatic heterocycles. The van der Waals surface area contributed by atoms with Crippen LogP contribution in [-0.4, -0.2) is 16.8 Å². The lowest BCUT2D eigenvalue weighted by atomic mass is 10.1. The highest BCUT2D eigenvalue weighted by Gasteiger charge is 2.09. The van der Waals surface area contributed by atoms with Crippen LogP contribution in [0.1, 0.15) is 30.0 Å². The molecule has 3 rings (SSSR count). The molecule has 26 heavy (non-hydrogen) atoms. The lowest BCUT2D eigenvalue weighted by Crippen LogP contribution is -2.13. The van der Waals surface area contributed by atoms with Crippen molar-refractivity contribution in [3.05, 3.63) is 53.1 Å². The fourth-order valence-electron chi connectivity index (χ4n) is 2.69. The van der Waals surface area contributed by atoms with E-state index in [1.54, 1.807) is 0 Å². The van der Waals surface area contributed by atoms with Crippen molar-refractivity contribution in [2.75, 3.05) is 10.6 Å². The Labute approximate surface area is 156 Å². The average molecular weight is 367 g/mol. The monoisotopic (exact) mass is 367 g/mol. The maximum Gasteiger partial charge on any atom is 0.224 e. The van der Waals surface area contributed by atoms with Crippen LogP contribution in [0.4, 0.5) is 10.8 Å². The zero-order valence-electron chi connectivity index (χ0n) is 15.1. The van der Waals surface area contributed by atoms with Crippen molar-refractivity contribution in [1.82, 2.24) is 4.98 Å². The topological polar surface area (TPSA) is 71.1 Å². The third kappa shape index (κ3) is 4.26. The predicted molar refractivity (Wildman–Crippen MR) is 107 cm³/mol. The van der Waals surface area contributed by atoms with Crippen LogP contribution in [0, 0.1) is 13.8 Å². The van der Waals surface area contributed by atoms with E-state index in [9.17, 15) is 9.59 Å². The van der Waals surface area contributed by atoms with Gasteiger partial charge in [0.15, 0.2) is 5.13 Å². The number of nitrogens with one attached hydrogen (secondary N) is 2. The van der Waals surface area contributed by atoms with Gasteiger partial charge in [-0.2, -0.15) is 0 Å². The molecule has 2 aromatic carbocycles. The highest BCUT2D eigenvalue weighted by molar-refractivity contribution is 7.22. The van der Waals surface area contributed by atoms with Gasteiger partial charge in [0.25, 0.3) is 0 Å². The molecule has 2 N–H and O–H groups in total. The average Bonchev–Trinajstić information content (AvgIpc) is 2.97. The summed E-state index contributed by atoms with van der Waals surface area (Å²) < 4.78 is 1.00. The van der Waals surface area contributed by atoms with E-state index in [0.29, 0.717) is 18.0 Å². The normalized spacial score (nSPS) is 10.7. The second-order valence-corrected chi connectivity index (χ2v) is 7.33. The van der Waals surface area contributed by atoms with Crippen LogP contribution in [0.25, 0.3) is 10.2 Å². The SMILES string of the molecule is CC(=O)Nc1nc2ccc(CCC(=O)Nc3cccc(C)c3C)cc2s1. The Morgan fingerprint density at radius 1 is 1.12 bits per heavy atom. The number of hydrogen-bond acceptors (Lipinski definition) is 4. The van der Waals surface area contributed by atoms with Crippen LogP contribution < -0.4 is 10.6 Å². The molecule has 134 valence electrons. The number of benzene rings is 2. The van der Waals surface area contributed by atoms with Crippen LogP contribution in [0.15, 0.2) is 36.4 Å². The molecule has 0 spiro atoms. The molecule has 1 heterocycles. The largest absolute Gasteiger partial charge is 0.326 e. The molecule has 0 radical (unpaired) electrons. The van der Waals surface area contributed by atoms with E-state index >= 15 is 0 Å². The Balaban J connectivity index is 1.64. The number of amides is 2. The van der Waals surface area contributed by atoms with Gasteiger partial charge in [-0.3, -0.25) is 9.59 Å². The molecule has 0 saturated carbocycles. The van der Waals surface area contributed by atoms with E-state index in [0.717, 1.165) is 32.6 Å². The summed E-state index contributed by atoms with van der Waals surface area (Å²) in [5, 5.41) is 6.29. The van der Waals surface area contributed by atoms with Gasteiger partial charge >= 0.3 is 0 Å². The summed E-state index contributed by atoms with van der Waals surface area (Å²) in [6, 6.07) is 11.8. The molecular weight excluding hydrogens is 346 g/mol. The van der Waals surface area contributed by atoms with Crippen molar-refractivity contribution in [2.45, 2.75) is 33.6 Å². The Hall–Kier alpha value is -2.73. The Kier molecular flexibility index (Phi) is 5.32. The highest BCUT2D eigenvalue weighted by Crippen LogP contribution is 2.27. The van der Waals surface area contributed by atoms with Crippen molar-refractivity contribution in [1.29, 1.82) is 0 Å². The molecule has 0 aliphatic carbocycles. The molecule has 0 unspecified atom stereocenters. The van der Waals surface area contributed by atoms with Gasteiger partial charge in [-0.15, -0.1) is 0 Å². The van der Waals surface area contributed by atoms with E-state index in [2.05, 4.69) is 15.6 Å². The summed E-state index contributed by atoms with van der Waals surface area (Å²) in [4.78, 5) is 27.8.